The number of ether oxygens (including phenoxy) is 2. The average molecular weight is 480 g/mol. The number of aromatic carboxylic acids is 2. The van der Waals surface area contributed by atoms with Gasteiger partial charge in [0.1, 0.15) is 0 Å². The van der Waals surface area contributed by atoms with Crippen molar-refractivity contribution in [3.63, 3.8) is 0 Å². The highest BCUT2D eigenvalue weighted by molar-refractivity contribution is 6.03. The Hall–Kier alpha value is -4.10. The molecule has 33 heavy (non-hydrogen) atoms. The number of halogens is 6. The number of rotatable bonds is 6. The molecule has 0 amide bonds. The van der Waals surface area contributed by atoms with Gasteiger partial charge in [-0.3, -0.25) is 0 Å². The molecule has 0 radical (unpaired) electrons. The van der Waals surface area contributed by atoms with Crippen molar-refractivity contribution in [2.24, 2.45) is 0 Å². The molecular weight excluding hydrogens is 470 g/mol. The standard InChI is InChI=1S/C19H10F6O8/c20-18(21,22)17(19(23,24)25,32-15(30)11-7-3-1-5-9(11)13(26)27)33-16(31)12-8-4-2-6-10(12)14(28)29/h1-8H,(H,26,27)(H,28,29). The smallest absolute Gasteiger partial charge is 0.478 e. The van der Waals surface area contributed by atoms with E-state index in [0.717, 1.165) is 24.3 Å². The van der Waals surface area contributed by atoms with Gasteiger partial charge in [0.25, 0.3) is 0 Å². The number of hydrogen-bond donors (Lipinski definition) is 2. The van der Waals surface area contributed by atoms with Gasteiger partial charge in [-0.25, -0.2) is 19.2 Å². The Labute approximate surface area is 178 Å². The SMILES string of the molecule is O=C(O)c1ccccc1C(=O)OC(OC(=O)c1ccccc1C(=O)O)(C(F)(F)F)C(F)(F)F. The molecule has 0 aliphatic heterocycles. The summed E-state index contributed by atoms with van der Waals surface area (Å²) in [4.78, 5) is 46.7. The third kappa shape index (κ3) is 4.88. The van der Waals surface area contributed by atoms with Crippen LogP contribution in [0.15, 0.2) is 48.5 Å². The highest BCUT2D eigenvalue weighted by atomic mass is 19.4. The number of alkyl halides is 6. The molecule has 0 aliphatic rings. The van der Waals surface area contributed by atoms with Crippen LogP contribution in [-0.2, 0) is 9.47 Å². The van der Waals surface area contributed by atoms with Crippen LogP contribution in [0.2, 0.25) is 0 Å². The van der Waals surface area contributed by atoms with Crippen molar-refractivity contribution in [3.05, 3.63) is 70.8 Å². The van der Waals surface area contributed by atoms with Gasteiger partial charge < -0.3 is 19.7 Å². The van der Waals surface area contributed by atoms with Gasteiger partial charge in [-0.2, -0.15) is 26.3 Å². The Balaban J connectivity index is 2.62. The fourth-order valence-electron chi connectivity index (χ4n) is 2.48. The quantitative estimate of drug-likeness (QED) is 0.362. The molecule has 176 valence electrons. The van der Waals surface area contributed by atoms with Crippen molar-refractivity contribution < 1.29 is 65.2 Å². The molecule has 0 saturated heterocycles. The largest absolute Gasteiger partial charge is 0.478 e. The van der Waals surface area contributed by atoms with E-state index in [0.29, 0.717) is 24.3 Å². The van der Waals surface area contributed by atoms with Gasteiger partial charge >= 0.3 is 42.0 Å². The van der Waals surface area contributed by atoms with Crippen LogP contribution in [0.4, 0.5) is 26.3 Å². The molecule has 0 bridgehead atoms. The summed E-state index contributed by atoms with van der Waals surface area (Å²) >= 11 is 0. The minimum Gasteiger partial charge on any atom is -0.478 e. The Morgan fingerprint density at radius 2 is 0.848 bits per heavy atom. The zero-order valence-electron chi connectivity index (χ0n) is 15.7. The van der Waals surface area contributed by atoms with Crippen LogP contribution in [0, 0.1) is 0 Å². The summed E-state index contributed by atoms with van der Waals surface area (Å²) in [5.74, 6) is -14.5. The third-order valence-corrected chi connectivity index (χ3v) is 3.97. The van der Waals surface area contributed by atoms with Gasteiger partial charge in [-0.1, -0.05) is 24.3 Å². The number of carboxylic acids is 2. The minimum absolute atomic E-state index is 0.574. The second-order valence-electron chi connectivity index (χ2n) is 6.09. The van der Waals surface area contributed by atoms with Crippen molar-refractivity contribution in [2.75, 3.05) is 0 Å². The molecule has 0 aromatic heterocycles. The third-order valence-electron chi connectivity index (χ3n) is 3.97. The summed E-state index contributed by atoms with van der Waals surface area (Å²) in [6, 6.07) is 6.49. The van der Waals surface area contributed by atoms with Gasteiger partial charge in [-0.05, 0) is 24.3 Å². The molecular formula is C19H10F6O8. The van der Waals surface area contributed by atoms with Crippen LogP contribution in [0.3, 0.4) is 0 Å². The van der Waals surface area contributed by atoms with Gasteiger partial charge in [0.05, 0.1) is 22.3 Å². The monoisotopic (exact) mass is 480 g/mol. The minimum atomic E-state index is -6.62. The molecule has 0 saturated carbocycles. The highest BCUT2D eigenvalue weighted by Crippen LogP contribution is 2.47. The molecule has 2 rings (SSSR count). The number of hydrogen-bond acceptors (Lipinski definition) is 6. The van der Waals surface area contributed by atoms with Crippen LogP contribution >= 0.6 is 0 Å². The highest BCUT2D eigenvalue weighted by Gasteiger charge is 2.79. The maximum Gasteiger partial charge on any atom is 0.478 e. The lowest BCUT2D eigenvalue weighted by atomic mass is 10.1. The average Bonchev–Trinajstić information content (AvgIpc) is 2.71. The number of esters is 2. The predicted octanol–water partition coefficient (Wildman–Crippen LogP) is 3.92. The Morgan fingerprint density at radius 1 is 0.576 bits per heavy atom. The van der Waals surface area contributed by atoms with Crippen molar-refractivity contribution in [1.29, 1.82) is 0 Å². The van der Waals surface area contributed by atoms with Crippen LogP contribution in [0.25, 0.3) is 0 Å². The fourth-order valence-corrected chi connectivity index (χ4v) is 2.48. The number of carbonyl (C=O) groups excluding carboxylic acids is 2. The fraction of sp³-hybridized carbons (Fsp3) is 0.158. The van der Waals surface area contributed by atoms with Crippen molar-refractivity contribution in [2.45, 2.75) is 18.1 Å². The zero-order chi connectivity index (χ0) is 25.2. The van der Waals surface area contributed by atoms with Crippen LogP contribution < -0.4 is 0 Å². The van der Waals surface area contributed by atoms with Gasteiger partial charge in [0.15, 0.2) is 0 Å². The molecule has 0 unspecified atom stereocenters. The lowest BCUT2D eigenvalue weighted by Crippen LogP contribution is -2.62. The van der Waals surface area contributed by atoms with E-state index in [9.17, 15) is 45.5 Å². The Bertz CT molecular complexity index is 1020. The van der Waals surface area contributed by atoms with Gasteiger partial charge in [-0.15, -0.1) is 0 Å². The summed E-state index contributed by atoms with van der Waals surface area (Å²) in [7, 11) is 0. The van der Waals surface area contributed by atoms with Crippen molar-refractivity contribution >= 4 is 23.9 Å². The van der Waals surface area contributed by atoms with E-state index in [1.807, 2.05) is 0 Å². The van der Waals surface area contributed by atoms with Gasteiger partial charge in [0.2, 0.25) is 0 Å². The predicted molar refractivity (Wildman–Crippen MR) is 92.5 cm³/mol. The first-order chi connectivity index (χ1) is 15.1. The second-order valence-corrected chi connectivity index (χ2v) is 6.09. The lowest BCUT2D eigenvalue weighted by molar-refractivity contribution is -0.437. The molecule has 0 aliphatic carbocycles. The first-order valence-corrected chi connectivity index (χ1v) is 8.37. The van der Waals surface area contributed by atoms with Crippen LogP contribution in [-0.4, -0.2) is 52.2 Å². The summed E-state index contributed by atoms with van der Waals surface area (Å²) in [5, 5.41) is 18.0. The van der Waals surface area contributed by atoms with E-state index >= 15 is 0 Å². The van der Waals surface area contributed by atoms with Gasteiger partial charge in [0, 0.05) is 0 Å². The van der Waals surface area contributed by atoms with Crippen molar-refractivity contribution in [1.82, 2.24) is 0 Å². The maximum atomic E-state index is 13.6. The van der Waals surface area contributed by atoms with Crippen LogP contribution in [0.5, 0.6) is 0 Å². The zero-order valence-corrected chi connectivity index (χ0v) is 15.7. The summed E-state index contributed by atoms with van der Waals surface area (Å²) in [6.45, 7) is 0. The maximum absolute atomic E-state index is 13.6. The topological polar surface area (TPSA) is 127 Å². The van der Waals surface area contributed by atoms with Crippen LogP contribution in [0.1, 0.15) is 41.4 Å². The number of benzene rings is 2. The van der Waals surface area contributed by atoms with Crippen molar-refractivity contribution in [3.8, 4) is 0 Å². The molecule has 0 spiro atoms. The van der Waals surface area contributed by atoms with E-state index in [1.165, 1.54) is 0 Å². The normalized spacial score (nSPS) is 12.1. The van der Waals surface area contributed by atoms with E-state index < -0.39 is 64.3 Å². The molecule has 2 aromatic rings. The first kappa shape index (κ1) is 25.2. The summed E-state index contributed by atoms with van der Waals surface area (Å²) < 4.78 is 89.0. The summed E-state index contributed by atoms with van der Waals surface area (Å²) in [6.07, 6.45) is -13.2. The first-order valence-electron chi connectivity index (χ1n) is 8.37. The molecule has 2 N–H and O–H groups in total. The number of carboxylic acid groups (broad SMARTS) is 2. The Morgan fingerprint density at radius 3 is 1.09 bits per heavy atom. The molecule has 0 atom stereocenters. The Kier molecular flexibility index (Phi) is 6.71. The molecule has 2 aromatic carbocycles. The number of carbonyl (C=O) groups is 4. The molecule has 0 heterocycles. The summed E-state index contributed by atoms with van der Waals surface area (Å²) in [5.41, 5.74) is -4.40. The second kappa shape index (κ2) is 8.80. The van der Waals surface area contributed by atoms with E-state index in [-0.39, 0.29) is 0 Å². The van der Waals surface area contributed by atoms with E-state index in [4.69, 9.17) is 10.2 Å². The molecule has 8 nitrogen and oxygen atoms in total. The molecule has 0 fully saturated rings. The lowest BCUT2D eigenvalue weighted by Gasteiger charge is -2.35. The van der Waals surface area contributed by atoms with E-state index in [2.05, 4.69) is 9.47 Å². The molecule has 14 heteroatoms. The van der Waals surface area contributed by atoms with E-state index in [1.54, 1.807) is 0 Å².